The molecule has 21 heavy (non-hydrogen) atoms. The standard InChI is InChI=1S/C17H23N3O/c1-13-4-3-5-15-16(6-7-18-17(13)15)20-10-8-19(9-11-20)12-14(2)21/h3-7,14,21H,8-12H2,1-2H3/t14-/m1/s1. The number of aliphatic hydroxyl groups excluding tert-OH is 1. The molecule has 1 saturated heterocycles. The van der Waals surface area contributed by atoms with Crippen LogP contribution in [0.3, 0.4) is 0 Å². The fraction of sp³-hybridized carbons (Fsp3) is 0.471. The third-order valence-corrected chi connectivity index (χ3v) is 4.19. The van der Waals surface area contributed by atoms with Gasteiger partial charge in [0.25, 0.3) is 0 Å². The fourth-order valence-corrected chi connectivity index (χ4v) is 3.13. The highest BCUT2D eigenvalue weighted by Gasteiger charge is 2.19. The summed E-state index contributed by atoms with van der Waals surface area (Å²) in [6.07, 6.45) is 1.66. The van der Waals surface area contributed by atoms with Crippen LogP contribution >= 0.6 is 0 Å². The van der Waals surface area contributed by atoms with E-state index in [2.05, 4.69) is 46.0 Å². The van der Waals surface area contributed by atoms with Gasteiger partial charge in [-0.15, -0.1) is 0 Å². The van der Waals surface area contributed by atoms with Crippen molar-refractivity contribution in [2.24, 2.45) is 0 Å². The van der Waals surface area contributed by atoms with E-state index in [0.717, 1.165) is 38.2 Å². The van der Waals surface area contributed by atoms with E-state index in [4.69, 9.17) is 0 Å². The summed E-state index contributed by atoms with van der Waals surface area (Å²) in [6.45, 7) is 8.73. The maximum atomic E-state index is 9.50. The summed E-state index contributed by atoms with van der Waals surface area (Å²) >= 11 is 0. The second kappa shape index (κ2) is 6.00. The van der Waals surface area contributed by atoms with Crippen molar-refractivity contribution in [2.75, 3.05) is 37.6 Å². The molecule has 3 rings (SSSR count). The number of benzene rings is 1. The lowest BCUT2D eigenvalue weighted by Crippen LogP contribution is -2.48. The number of hydrogen-bond acceptors (Lipinski definition) is 4. The van der Waals surface area contributed by atoms with Crippen LogP contribution in [0, 0.1) is 6.92 Å². The molecule has 1 aromatic carbocycles. The van der Waals surface area contributed by atoms with Gasteiger partial charge in [0.15, 0.2) is 0 Å². The summed E-state index contributed by atoms with van der Waals surface area (Å²) in [5.41, 5.74) is 3.60. The molecule has 2 aromatic rings. The van der Waals surface area contributed by atoms with Gasteiger partial charge >= 0.3 is 0 Å². The summed E-state index contributed by atoms with van der Waals surface area (Å²) < 4.78 is 0. The van der Waals surface area contributed by atoms with Crippen molar-refractivity contribution in [1.82, 2.24) is 9.88 Å². The van der Waals surface area contributed by atoms with E-state index in [1.54, 1.807) is 0 Å². The SMILES string of the molecule is Cc1cccc2c(N3CCN(C[C@@H](C)O)CC3)ccnc12. The molecule has 0 bridgehead atoms. The average Bonchev–Trinajstić information content (AvgIpc) is 2.48. The van der Waals surface area contributed by atoms with Gasteiger partial charge in [-0.25, -0.2) is 0 Å². The van der Waals surface area contributed by atoms with Crippen molar-refractivity contribution in [3.63, 3.8) is 0 Å². The molecule has 112 valence electrons. The number of nitrogens with zero attached hydrogens (tertiary/aromatic N) is 3. The molecule has 0 unspecified atom stereocenters. The summed E-state index contributed by atoms with van der Waals surface area (Å²) in [4.78, 5) is 9.28. The fourth-order valence-electron chi connectivity index (χ4n) is 3.13. The monoisotopic (exact) mass is 285 g/mol. The van der Waals surface area contributed by atoms with Crippen LogP contribution < -0.4 is 4.90 Å². The zero-order valence-corrected chi connectivity index (χ0v) is 12.8. The Hall–Kier alpha value is -1.65. The number of fused-ring (bicyclic) bond motifs is 1. The number of pyridine rings is 1. The van der Waals surface area contributed by atoms with E-state index >= 15 is 0 Å². The number of aryl methyl sites for hydroxylation is 1. The lowest BCUT2D eigenvalue weighted by molar-refractivity contribution is 0.123. The normalized spacial score (nSPS) is 18.1. The molecule has 0 saturated carbocycles. The zero-order chi connectivity index (χ0) is 14.8. The molecule has 1 aromatic heterocycles. The van der Waals surface area contributed by atoms with Crippen molar-refractivity contribution >= 4 is 16.6 Å². The number of aliphatic hydroxyl groups is 1. The molecular weight excluding hydrogens is 262 g/mol. The maximum absolute atomic E-state index is 9.50. The smallest absolute Gasteiger partial charge is 0.0751 e. The average molecular weight is 285 g/mol. The lowest BCUT2D eigenvalue weighted by atomic mass is 10.1. The second-order valence-corrected chi connectivity index (χ2v) is 5.94. The first-order valence-corrected chi connectivity index (χ1v) is 7.65. The molecule has 1 atom stereocenters. The van der Waals surface area contributed by atoms with Gasteiger partial charge in [0.2, 0.25) is 0 Å². The highest BCUT2D eigenvalue weighted by atomic mass is 16.3. The number of para-hydroxylation sites is 1. The molecule has 1 aliphatic heterocycles. The summed E-state index contributed by atoms with van der Waals surface area (Å²) in [5.74, 6) is 0. The molecular formula is C17H23N3O. The summed E-state index contributed by atoms with van der Waals surface area (Å²) in [5, 5.41) is 10.7. The number of rotatable bonds is 3. The van der Waals surface area contributed by atoms with Gasteiger partial charge in [0.05, 0.1) is 11.6 Å². The predicted octanol–water partition coefficient (Wildman–Crippen LogP) is 2.05. The Labute approximate surface area is 126 Å². The Morgan fingerprint density at radius 3 is 2.67 bits per heavy atom. The highest BCUT2D eigenvalue weighted by molar-refractivity contribution is 5.93. The Morgan fingerprint density at radius 1 is 1.19 bits per heavy atom. The van der Waals surface area contributed by atoms with Gasteiger partial charge in [-0.2, -0.15) is 0 Å². The van der Waals surface area contributed by atoms with E-state index in [-0.39, 0.29) is 6.10 Å². The van der Waals surface area contributed by atoms with E-state index in [1.165, 1.54) is 16.6 Å². The first-order valence-electron chi connectivity index (χ1n) is 7.65. The largest absolute Gasteiger partial charge is 0.392 e. The van der Waals surface area contributed by atoms with Crippen LogP contribution in [0.15, 0.2) is 30.5 Å². The maximum Gasteiger partial charge on any atom is 0.0751 e. The number of hydrogen-bond donors (Lipinski definition) is 1. The van der Waals surface area contributed by atoms with E-state index in [0.29, 0.717) is 0 Å². The van der Waals surface area contributed by atoms with Crippen molar-refractivity contribution in [2.45, 2.75) is 20.0 Å². The highest BCUT2D eigenvalue weighted by Crippen LogP contribution is 2.27. The van der Waals surface area contributed by atoms with E-state index in [1.807, 2.05) is 13.1 Å². The Kier molecular flexibility index (Phi) is 4.08. The third kappa shape index (κ3) is 3.01. The number of piperazine rings is 1. The van der Waals surface area contributed by atoms with Crippen molar-refractivity contribution in [1.29, 1.82) is 0 Å². The third-order valence-electron chi connectivity index (χ3n) is 4.19. The molecule has 4 heteroatoms. The van der Waals surface area contributed by atoms with Gasteiger partial charge < -0.3 is 10.0 Å². The minimum atomic E-state index is -0.249. The summed E-state index contributed by atoms with van der Waals surface area (Å²) in [7, 11) is 0. The molecule has 0 spiro atoms. The molecule has 1 aliphatic rings. The number of anilines is 1. The van der Waals surface area contributed by atoms with Crippen molar-refractivity contribution < 1.29 is 5.11 Å². The minimum absolute atomic E-state index is 0.249. The minimum Gasteiger partial charge on any atom is -0.392 e. The van der Waals surface area contributed by atoms with Gasteiger partial charge in [0.1, 0.15) is 0 Å². The second-order valence-electron chi connectivity index (χ2n) is 5.94. The number of β-amino-alcohol motifs (C(OH)–C–C–N with tert-alkyl or cyclic N) is 1. The van der Waals surface area contributed by atoms with E-state index < -0.39 is 0 Å². The predicted molar refractivity (Wildman–Crippen MR) is 86.8 cm³/mol. The van der Waals surface area contributed by atoms with Gasteiger partial charge in [0, 0.05) is 50.0 Å². The summed E-state index contributed by atoms with van der Waals surface area (Å²) in [6, 6.07) is 8.49. The quantitative estimate of drug-likeness (QED) is 0.937. The van der Waals surface area contributed by atoms with Crippen molar-refractivity contribution in [3.8, 4) is 0 Å². The molecule has 1 N–H and O–H groups in total. The van der Waals surface area contributed by atoms with Crippen LogP contribution in [0.4, 0.5) is 5.69 Å². The number of aromatic nitrogens is 1. The topological polar surface area (TPSA) is 39.6 Å². The van der Waals surface area contributed by atoms with E-state index in [9.17, 15) is 5.11 Å². The van der Waals surface area contributed by atoms with Crippen LogP contribution in [0.2, 0.25) is 0 Å². The molecule has 0 aliphatic carbocycles. The van der Waals surface area contributed by atoms with Crippen LogP contribution in [0.5, 0.6) is 0 Å². The van der Waals surface area contributed by atoms with Crippen LogP contribution in [0.1, 0.15) is 12.5 Å². The van der Waals surface area contributed by atoms with Crippen LogP contribution in [-0.2, 0) is 0 Å². The Morgan fingerprint density at radius 2 is 1.95 bits per heavy atom. The Balaban J connectivity index is 1.81. The zero-order valence-electron chi connectivity index (χ0n) is 12.8. The molecule has 1 fully saturated rings. The lowest BCUT2D eigenvalue weighted by Gasteiger charge is -2.37. The van der Waals surface area contributed by atoms with Crippen molar-refractivity contribution in [3.05, 3.63) is 36.0 Å². The molecule has 4 nitrogen and oxygen atoms in total. The molecule has 0 radical (unpaired) electrons. The van der Waals surface area contributed by atoms with Crippen LogP contribution in [0.25, 0.3) is 10.9 Å². The van der Waals surface area contributed by atoms with Gasteiger partial charge in [-0.3, -0.25) is 9.88 Å². The molecule has 0 amide bonds. The first-order chi connectivity index (χ1) is 10.1. The van der Waals surface area contributed by atoms with Gasteiger partial charge in [-0.1, -0.05) is 18.2 Å². The van der Waals surface area contributed by atoms with Gasteiger partial charge in [-0.05, 0) is 25.5 Å². The van der Waals surface area contributed by atoms with Crippen LogP contribution in [-0.4, -0.2) is 53.8 Å². The first kappa shape index (κ1) is 14.3. The molecule has 2 heterocycles. The Bertz CT molecular complexity index is 618.